The van der Waals surface area contributed by atoms with E-state index in [1.807, 2.05) is 0 Å². The third-order valence-electron chi connectivity index (χ3n) is 4.37. The van der Waals surface area contributed by atoms with Gasteiger partial charge in [-0.15, -0.1) is 0 Å². The second-order valence-corrected chi connectivity index (χ2v) is 6.46. The van der Waals surface area contributed by atoms with Crippen LogP contribution in [0.2, 0.25) is 0 Å². The highest BCUT2D eigenvalue weighted by Crippen LogP contribution is 2.34. The van der Waals surface area contributed by atoms with Crippen molar-refractivity contribution in [2.24, 2.45) is 0 Å². The van der Waals surface area contributed by atoms with Crippen LogP contribution in [0.5, 0.6) is 0 Å². The first-order chi connectivity index (χ1) is 13.9. The Bertz CT molecular complexity index is 954. The van der Waals surface area contributed by atoms with Crippen LogP contribution in [0.1, 0.15) is 22.7 Å². The molecule has 0 saturated carbocycles. The highest BCUT2D eigenvalue weighted by molar-refractivity contribution is 5.87. The number of nitrogens with one attached hydrogen (secondary N) is 3. The van der Waals surface area contributed by atoms with Crippen LogP contribution in [0.4, 0.5) is 28.9 Å². The number of anilines is 2. The standard InChI is InChI=1S/C22H19F4N3/c23-18-7-9-19(10-8-18)29-20-11-6-16(12-17(20)13-27)21(22(24,25)26)28-14-15-4-2-1-3-5-15/h1-13,21,27-29H,14H2. The summed E-state index contributed by atoms with van der Waals surface area (Å²) in [5, 5.41) is 13.1. The van der Waals surface area contributed by atoms with Crippen LogP contribution < -0.4 is 10.6 Å². The van der Waals surface area contributed by atoms with Gasteiger partial charge in [0.15, 0.2) is 0 Å². The molecule has 0 heterocycles. The van der Waals surface area contributed by atoms with E-state index < -0.39 is 18.0 Å². The van der Waals surface area contributed by atoms with Crippen molar-refractivity contribution >= 4 is 17.6 Å². The van der Waals surface area contributed by atoms with E-state index in [0.717, 1.165) is 11.8 Å². The summed E-state index contributed by atoms with van der Waals surface area (Å²) in [6.45, 7) is 0.0561. The Morgan fingerprint density at radius 1 is 0.931 bits per heavy atom. The van der Waals surface area contributed by atoms with Crippen LogP contribution >= 0.6 is 0 Å². The quantitative estimate of drug-likeness (QED) is 0.338. The highest BCUT2D eigenvalue weighted by Gasteiger charge is 2.40. The smallest absolute Gasteiger partial charge is 0.355 e. The molecule has 150 valence electrons. The van der Waals surface area contributed by atoms with E-state index in [-0.39, 0.29) is 12.1 Å². The van der Waals surface area contributed by atoms with Crippen molar-refractivity contribution in [1.29, 1.82) is 5.41 Å². The maximum Gasteiger partial charge on any atom is 0.407 e. The molecule has 0 saturated heterocycles. The minimum absolute atomic E-state index is 0.0107. The lowest BCUT2D eigenvalue weighted by molar-refractivity contribution is -0.158. The Balaban J connectivity index is 1.84. The molecule has 1 unspecified atom stereocenters. The van der Waals surface area contributed by atoms with Gasteiger partial charge in [0.05, 0.1) is 0 Å². The van der Waals surface area contributed by atoms with Gasteiger partial charge in [0.1, 0.15) is 11.9 Å². The molecule has 0 aliphatic carbocycles. The molecule has 0 bridgehead atoms. The van der Waals surface area contributed by atoms with Crippen molar-refractivity contribution in [2.45, 2.75) is 18.8 Å². The molecule has 0 aliphatic rings. The maximum absolute atomic E-state index is 13.7. The first-order valence-corrected chi connectivity index (χ1v) is 8.88. The lowest BCUT2D eigenvalue weighted by atomic mass is 10.0. The van der Waals surface area contributed by atoms with E-state index >= 15 is 0 Å². The molecule has 29 heavy (non-hydrogen) atoms. The van der Waals surface area contributed by atoms with Crippen LogP contribution in [-0.2, 0) is 6.54 Å². The van der Waals surface area contributed by atoms with E-state index in [1.54, 1.807) is 30.3 Å². The van der Waals surface area contributed by atoms with Gasteiger partial charge in [-0.2, -0.15) is 13.2 Å². The van der Waals surface area contributed by atoms with E-state index in [0.29, 0.717) is 16.9 Å². The summed E-state index contributed by atoms with van der Waals surface area (Å²) in [7, 11) is 0. The van der Waals surface area contributed by atoms with E-state index in [9.17, 15) is 17.6 Å². The molecular weight excluding hydrogens is 382 g/mol. The minimum Gasteiger partial charge on any atom is -0.355 e. The molecule has 0 radical (unpaired) electrons. The summed E-state index contributed by atoms with van der Waals surface area (Å²) >= 11 is 0. The first-order valence-electron chi connectivity index (χ1n) is 8.88. The van der Waals surface area contributed by atoms with Gasteiger partial charge in [-0.3, -0.25) is 5.32 Å². The van der Waals surface area contributed by atoms with E-state index in [4.69, 9.17) is 5.41 Å². The van der Waals surface area contributed by atoms with Crippen LogP contribution in [0.15, 0.2) is 72.8 Å². The molecule has 3 aromatic rings. The second kappa shape index (κ2) is 8.87. The molecule has 3 nitrogen and oxygen atoms in total. The number of hydrogen-bond acceptors (Lipinski definition) is 3. The van der Waals surface area contributed by atoms with Crippen molar-refractivity contribution in [3.8, 4) is 0 Å². The molecule has 0 fully saturated rings. The van der Waals surface area contributed by atoms with Crippen molar-refractivity contribution in [2.75, 3.05) is 5.32 Å². The van der Waals surface area contributed by atoms with Crippen molar-refractivity contribution in [1.82, 2.24) is 5.32 Å². The third kappa shape index (κ3) is 5.42. The van der Waals surface area contributed by atoms with E-state index in [2.05, 4.69) is 10.6 Å². The second-order valence-electron chi connectivity index (χ2n) is 6.46. The zero-order valence-corrected chi connectivity index (χ0v) is 15.3. The molecule has 0 spiro atoms. The summed E-state index contributed by atoms with van der Waals surface area (Å²) in [5.41, 5.74) is 2.07. The molecule has 1 atom stereocenters. The van der Waals surface area contributed by atoms with Gasteiger partial charge >= 0.3 is 6.18 Å². The topological polar surface area (TPSA) is 47.9 Å². The van der Waals surface area contributed by atoms with Crippen molar-refractivity contribution in [3.05, 3.63) is 95.3 Å². The number of benzene rings is 3. The summed E-state index contributed by atoms with van der Waals surface area (Å²) in [5.74, 6) is -0.393. The van der Waals surface area contributed by atoms with E-state index in [1.165, 1.54) is 42.5 Å². The SMILES string of the molecule is N=Cc1cc(C(NCc2ccccc2)C(F)(F)F)ccc1Nc1ccc(F)cc1. The molecule has 3 rings (SSSR count). The van der Waals surface area contributed by atoms with Gasteiger partial charge in [-0.25, -0.2) is 4.39 Å². The fourth-order valence-corrected chi connectivity index (χ4v) is 2.92. The zero-order valence-electron chi connectivity index (χ0n) is 15.3. The Labute approximate surface area is 165 Å². The maximum atomic E-state index is 13.7. The Morgan fingerprint density at radius 3 is 2.24 bits per heavy atom. The molecule has 7 heteroatoms. The molecular formula is C22H19F4N3. The average Bonchev–Trinajstić information content (AvgIpc) is 2.70. The molecule has 3 N–H and O–H groups in total. The normalized spacial score (nSPS) is 12.4. The summed E-state index contributed by atoms with van der Waals surface area (Å²) < 4.78 is 54.0. The van der Waals surface area contributed by atoms with Gasteiger partial charge in [0.25, 0.3) is 0 Å². The zero-order chi connectivity index (χ0) is 20.9. The largest absolute Gasteiger partial charge is 0.407 e. The van der Waals surface area contributed by atoms with Gasteiger partial charge < -0.3 is 10.7 Å². The molecule has 3 aromatic carbocycles. The fraction of sp³-hybridized carbons (Fsp3) is 0.136. The number of hydrogen-bond donors (Lipinski definition) is 3. The predicted octanol–water partition coefficient (Wildman–Crippen LogP) is 5.96. The summed E-state index contributed by atoms with van der Waals surface area (Å²) in [6.07, 6.45) is -3.51. The average molecular weight is 401 g/mol. The Kier molecular flexibility index (Phi) is 6.29. The van der Waals surface area contributed by atoms with Crippen LogP contribution in [0.3, 0.4) is 0 Å². The molecule has 0 aromatic heterocycles. The fourth-order valence-electron chi connectivity index (χ4n) is 2.92. The lowest BCUT2D eigenvalue weighted by Gasteiger charge is -2.23. The summed E-state index contributed by atoms with van der Waals surface area (Å²) in [6, 6.07) is 16.7. The van der Waals surface area contributed by atoms with Gasteiger partial charge in [0, 0.05) is 29.7 Å². The lowest BCUT2D eigenvalue weighted by Crippen LogP contribution is -2.34. The predicted molar refractivity (Wildman–Crippen MR) is 106 cm³/mol. The first kappa shape index (κ1) is 20.5. The van der Waals surface area contributed by atoms with Crippen molar-refractivity contribution in [3.63, 3.8) is 0 Å². The van der Waals surface area contributed by atoms with Gasteiger partial charge in [-0.1, -0.05) is 36.4 Å². The van der Waals surface area contributed by atoms with Crippen LogP contribution in [0.25, 0.3) is 0 Å². The van der Waals surface area contributed by atoms with Crippen molar-refractivity contribution < 1.29 is 17.6 Å². The minimum atomic E-state index is -4.50. The van der Waals surface area contributed by atoms with Gasteiger partial charge in [-0.05, 0) is 47.5 Å². The Morgan fingerprint density at radius 2 is 1.62 bits per heavy atom. The molecule has 0 amide bonds. The van der Waals surface area contributed by atoms with Gasteiger partial charge in [0.2, 0.25) is 0 Å². The number of halogens is 4. The molecule has 0 aliphatic heterocycles. The number of rotatable bonds is 7. The Hall–Kier alpha value is -3.19. The van der Waals surface area contributed by atoms with Crippen LogP contribution in [-0.4, -0.2) is 12.4 Å². The third-order valence-corrected chi connectivity index (χ3v) is 4.37. The number of alkyl halides is 3. The monoisotopic (exact) mass is 401 g/mol. The highest BCUT2D eigenvalue weighted by atomic mass is 19.4. The van der Waals surface area contributed by atoms with Crippen LogP contribution in [0, 0.1) is 11.2 Å². The summed E-state index contributed by atoms with van der Waals surface area (Å²) in [4.78, 5) is 0.